The van der Waals surface area contributed by atoms with Gasteiger partial charge in [-0.2, -0.15) is 13.2 Å². The minimum atomic E-state index is -4.38. The third-order valence-electron chi connectivity index (χ3n) is 2.17. The number of alkyl halides is 3. The van der Waals surface area contributed by atoms with Crippen molar-refractivity contribution in [2.24, 2.45) is 5.73 Å². The third-order valence-corrected chi connectivity index (χ3v) is 2.17. The van der Waals surface area contributed by atoms with Gasteiger partial charge in [0.05, 0.1) is 6.54 Å². The zero-order valence-corrected chi connectivity index (χ0v) is 9.21. The fraction of sp³-hybridized carbons (Fsp3) is 0.364. The molecule has 1 rings (SSSR count). The van der Waals surface area contributed by atoms with Crippen molar-refractivity contribution in [3.63, 3.8) is 0 Å². The van der Waals surface area contributed by atoms with Gasteiger partial charge in [0.2, 0.25) is 5.91 Å². The number of halogens is 3. The van der Waals surface area contributed by atoms with Gasteiger partial charge in [-0.05, 0) is 12.5 Å². The molecule has 0 fully saturated rings. The van der Waals surface area contributed by atoms with E-state index in [-0.39, 0.29) is 0 Å². The molecule has 0 aromatic heterocycles. The Morgan fingerprint density at radius 1 is 1.47 bits per heavy atom. The predicted molar refractivity (Wildman–Crippen MR) is 57.2 cm³/mol. The fourth-order valence-electron chi connectivity index (χ4n) is 1.45. The quantitative estimate of drug-likeness (QED) is 0.849. The van der Waals surface area contributed by atoms with Crippen molar-refractivity contribution >= 4 is 5.91 Å². The molecule has 0 heterocycles. The first kappa shape index (κ1) is 13.5. The van der Waals surface area contributed by atoms with Gasteiger partial charge in [0.1, 0.15) is 6.04 Å². The monoisotopic (exact) mass is 246 g/mol. The summed E-state index contributed by atoms with van der Waals surface area (Å²) >= 11 is 0. The number of carbonyl (C=O) groups is 1. The Labute approximate surface area is 96.8 Å². The lowest BCUT2D eigenvalue weighted by atomic mass is 10.0. The van der Waals surface area contributed by atoms with Gasteiger partial charge < -0.3 is 5.73 Å². The van der Waals surface area contributed by atoms with Crippen molar-refractivity contribution in [3.05, 3.63) is 35.4 Å². The number of nitrogens with two attached hydrogens (primary N) is 1. The van der Waals surface area contributed by atoms with Crippen LogP contribution in [0.1, 0.15) is 17.2 Å². The molecule has 1 aromatic carbocycles. The average Bonchev–Trinajstić information content (AvgIpc) is 2.15. The predicted octanol–water partition coefficient (Wildman–Crippen LogP) is 1.67. The summed E-state index contributed by atoms with van der Waals surface area (Å²) in [6.45, 7) is 0.528. The zero-order chi connectivity index (χ0) is 13.1. The van der Waals surface area contributed by atoms with Crippen LogP contribution in [-0.2, 0) is 4.79 Å². The maximum atomic E-state index is 12.1. The molecule has 3 N–H and O–H groups in total. The van der Waals surface area contributed by atoms with Gasteiger partial charge in [0.15, 0.2) is 0 Å². The van der Waals surface area contributed by atoms with Crippen molar-refractivity contribution in [2.45, 2.75) is 19.1 Å². The second-order valence-corrected chi connectivity index (χ2v) is 3.75. The second-order valence-electron chi connectivity index (χ2n) is 3.75. The molecular weight excluding hydrogens is 233 g/mol. The summed E-state index contributed by atoms with van der Waals surface area (Å²) in [5.74, 6) is -0.833. The molecular formula is C11H13F3N2O. The number of rotatable bonds is 4. The molecule has 0 saturated carbocycles. The molecule has 1 atom stereocenters. The third kappa shape index (κ3) is 4.44. The lowest BCUT2D eigenvalue weighted by Gasteiger charge is -2.17. The molecule has 3 nitrogen and oxygen atoms in total. The van der Waals surface area contributed by atoms with Crippen molar-refractivity contribution in [3.8, 4) is 0 Å². The molecule has 0 radical (unpaired) electrons. The molecule has 0 aliphatic heterocycles. The Bertz CT molecular complexity index is 404. The van der Waals surface area contributed by atoms with Gasteiger partial charge in [-0.15, -0.1) is 0 Å². The highest BCUT2D eigenvalue weighted by Gasteiger charge is 2.29. The van der Waals surface area contributed by atoms with E-state index >= 15 is 0 Å². The van der Waals surface area contributed by atoms with Gasteiger partial charge in [0.25, 0.3) is 0 Å². The standard InChI is InChI=1S/C11H13F3N2O/c1-7-3-2-4-8(5-7)9(10(15)17)16-6-11(12,13)14/h2-5,9,16H,6H2,1H3,(H2,15,17). The molecule has 94 valence electrons. The Morgan fingerprint density at radius 3 is 2.59 bits per heavy atom. The van der Waals surface area contributed by atoms with E-state index in [9.17, 15) is 18.0 Å². The molecule has 0 aliphatic rings. The molecule has 1 unspecified atom stereocenters. The molecule has 0 saturated heterocycles. The minimum absolute atomic E-state index is 0.432. The van der Waals surface area contributed by atoms with Crippen LogP contribution in [0.2, 0.25) is 0 Å². The smallest absolute Gasteiger partial charge is 0.368 e. The van der Waals surface area contributed by atoms with Crippen LogP contribution in [0.3, 0.4) is 0 Å². The van der Waals surface area contributed by atoms with E-state index < -0.39 is 24.7 Å². The van der Waals surface area contributed by atoms with E-state index in [1.54, 1.807) is 31.2 Å². The van der Waals surface area contributed by atoms with Gasteiger partial charge in [-0.1, -0.05) is 29.8 Å². The van der Waals surface area contributed by atoms with E-state index in [4.69, 9.17) is 5.73 Å². The zero-order valence-electron chi connectivity index (χ0n) is 9.21. The van der Waals surface area contributed by atoms with Crippen LogP contribution in [0, 0.1) is 6.92 Å². The summed E-state index contributed by atoms with van der Waals surface area (Å²) in [6.07, 6.45) is -4.38. The lowest BCUT2D eigenvalue weighted by molar-refractivity contribution is -0.130. The normalized spacial score (nSPS) is 13.4. The Hall–Kier alpha value is -1.56. The van der Waals surface area contributed by atoms with E-state index in [1.165, 1.54) is 0 Å². The topological polar surface area (TPSA) is 55.1 Å². The van der Waals surface area contributed by atoms with Crippen LogP contribution < -0.4 is 11.1 Å². The summed E-state index contributed by atoms with van der Waals surface area (Å²) in [5, 5.41) is 2.10. The van der Waals surface area contributed by atoms with Crippen molar-refractivity contribution in [1.82, 2.24) is 5.32 Å². The molecule has 1 aromatic rings. The van der Waals surface area contributed by atoms with Crippen molar-refractivity contribution in [2.75, 3.05) is 6.54 Å². The number of primary amides is 1. The number of amides is 1. The number of carbonyl (C=O) groups excluding carboxylic acids is 1. The molecule has 17 heavy (non-hydrogen) atoms. The molecule has 0 spiro atoms. The Balaban J connectivity index is 2.83. The number of benzene rings is 1. The summed E-state index contributed by atoms with van der Waals surface area (Å²) in [7, 11) is 0. The highest BCUT2D eigenvalue weighted by Crippen LogP contribution is 2.18. The van der Waals surface area contributed by atoms with Crippen LogP contribution in [0.25, 0.3) is 0 Å². The van der Waals surface area contributed by atoms with Crippen LogP contribution in [0.5, 0.6) is 0 Å². The SMILES string of the molecule is Cc1cccc(C(NCC(F)(F)F)C(N)=O)c1. The fourth-order valence-corrected chi connectivity index (χ4v) is 1.45. The summed E-state index contributed by atoms with van der Waals surface area (Å²) < 4.78 is 36.2. The maximum absolute atomic E-state index is 12.1. The highest BCUT2D eigenvalue weighted by atomic mass is 19.4. The summed E-state index contributed by atoms with van der Waals surface area (Å²) in [5.41, 5.74) is 6.36. The van der Waals surface area contributed by atoms with E-state index in [0.717, 1.165) is 5.56 Å². The van der Waals surface area contributed by atoms with Crippen molar-refractivity contribution < 1.29 is 18.0 Å². The maximum Gasteiger partial charge on any atom is 0.401 e. The van der Waals surface area contributed by atoms with Gasteiger partial charge in [0, 0.05) is 0 Å². The highest BCUT2D eigenvalue weighted by molar-refractivity contribution is 5.81. The minimum Gasteiger partial charge on any atom is -0.368 e. The van der Waals surface area contributed by atoms with Gasteiger partial charge in [-0.3, -0.25) is 10.1 Å². The average molecular weight is 246 g/mol. The first-order valence-corrected chi connectivity index (χ1v) is 4.95. The van der Waals surface area contributed by atoms with Gasteiger partial charge in [-0.25, -0.2) is 0 Å². The van der Waals surface area contributed by atoms with E-state index in [2.05, 4.69) is 5.32 Å². The lowest BCUT2D eigenvalue weighted by Crippen LogP contribution is -2.39. The first-order chi connectivity index (χ1) is 7.79. The van der Waals surface area contributed by atoms with E-state index in [1.807, 2.05) is 0 Å². The van der Waals surface area contributed by atoms with Crippen LogP contribution in [0.4, 0.5) is 13.2 Å². The largest absolute Gasteiger partial charge is 0.401 e. The molecule has 6 heteroatoms. The van der Waals surface area contributed by atoms with Crippen LogP contribution in [0.15, 0.2) is 24.3 Å². The van der Waals surface area contributed by atoms with Gasteiger partial charge >= 0.3 is 6.18 Å². The van der Waals surface area contributed by atoms with Crippen molar-refractivity contribution in [1.29, 1.82) is 0 Å². The first-order valence-electron chi connectivity index (χ1n) is 4.95. The molecule has 0 aliphatic carbocycles. The molecule has 1 amide bonds. The summed E-state index contributed by atoms with van der Waals surface area (Å²) in [4.78, 5) is 11.1. The summed E-state index contributed by atoms with van der Waals surface area (Å²) in [6, 6.07) is 5.50. The van der Waals surface area contributed by atoms with E-state index in [0.29, 0.717) is 5.56 Å². The second kappa shape index (κ2) is 5.18. The van der Waals surface area contributed by atoms with Crippen LogP contribution in [-0.4, -0.2) is 18.6 Å². The number of aryl methyl sites for hydroxylation is 1. The van der Waals surface area contributed by atoms with Crippen LogP contribution >= 0.6 is 0 Å². The molecule has 0 bridgehead atoms. The number of hydrogen-bond donors (Lipinski definition) is 2. The Morgan fingerprint density at radius 2 is 2.12 bits per heavy atom. The number of nitrogens with one attached hydrogen (secondary N) is 1. The number of hydrogen-bond acceptors (Lipinski definition) is 2. The Kier molecular flexibility index (Phi) is 4.11.